The Morgan fingerprint density at radius 3 is 2.80 bits per heavy atom. The summed E-state index contributed by atoms with van der Waals surface area (Å²) in [6.07, 6.45) is 6.85. The minimum Gasteiger partial charge on any atom is -0.344 e. The van der Waals surface area contributed by atoms with E-state index in [1.54, 1.807) is 12.4 Å². The Bertz CT molecular complexity index is 524. The van der Waals surface area contributed by atoms with Crippen molar-refractivity contribution in [3.63, 3.8) is 0 Å². The smallest absolute Gasteiger partial charge is 0.151 e. The molecule has 0 radical (unpaired) electrons. The lowest BCUT2D eigenvalue weighted by Crippen LogP contribution is -2.18. The maximum absolute atomic E-state index is 6.16. The predicted molar refractivity (Wildman–Crippen MR) is 81.7 cm³/mol. The van der Waals surface area contributed by atoms with E-state index >= 15 is 0 Å². The van der Waals surface area contributed by atoms with Gasteiger partial charge in [0.25, 0.3) is 0 Å². The number of rotatable bonds is 7. The van der Waals surface area contributed by atoms with Crippen molar-refractivity contribution in [2.24, 2.45) is 0 Å². The first-order valence-electron chi connectivity index (χ1n) is 7.07. The van der Waals surface area contributed by atoms with Gasteiger partial charge in [0, 0.05) is 31.4 Å². The molecule has 4 nitrogen and oxygen atoms in total. The number of aryl methyl sites for hydroxylation is 1. The average molecular weight is 293 g/mol. The van der Waals surface area contributed by atoms with E-state index in [-0.39, 0.29) is 6.04 Å². The Kier molecular flexibility index (Phi) is 5.56. The molecule has 108 valence electrons. The summed E-state index contributed by atoms with van der Waals surface area (Å²) in [5.74, 6) is 0.977. The fourth-order valence-corrected chi connectivity index (χ4v) is 2.26. The molecule has 20 heavy (non-hydrogen) atoms. The molecule has 2 aromatic rings. The maximum atomic E-state index is 6.16. The van der Waals surface area contributed by atoms with Gasteiger partial charge in [0.05, 0.1) is 5.69 Å². The molecule has 2 aromatic heterocycles. The summed E-state index contributed by atoms with van der Waals surface area (Å²) in [7, 11) is 0. The predicted octanol–water partition coefficient (Wildman–Crippen LogP) is 3.65. The van der Waals surface area contributed by atoms with Crippen molar-refractivity contribution >= 4 is 11.6 Å². The molecule has 1 atom stereocenters. The molecular formula is C15H21ClN4. The van der Waals surface area contributed by atoms with Crippen molar-refractivity contribution in [2.45, 2.75) is 45.7 Å². The zero-order valence-corrected chi connectivity index (χ0v) is 12.7. The summed E-state index contributed by atoms with van der Waals surface area (Å²) in [5.41, 5.74) is 2.17. The van der Waals surface area contributed by atoms with Gasteiger partial charge >= 0.3 is 0 Å². The van der Waals surface area contributed by atoms with Gasteiger partial charge in [-0.2, -0.15) is 0 Å². The minimum absolute atomic E-state index is 0.247. The highest BCUT2D eigenvalue weighted by Crippen LogP contribution is 2.16. The van der Waals surface area contributed by atoms with Gasteiger partial charge in [-0.15, -0.1) is 0 Å². The van der Waals surface area contributed by atoms with Crippen molar-refractivity contribution < 1.29 is 0 Å². The van der Waals surface area contributed by atoms with Gasteiger partial charge in [-0.3, -0.25) is 4.98 Å². The highest BCUT2D eigenvalue weighted by molar-refractivity contribution is 6.30. The van der Waals surface area contributed by atoms with Crippen molar-refractivity contribution in [2.75, 3.05) is 0 Å². The van der Waals surface area contributed by atoms with Gasteiger partial charge in [-0.05, 0) is 31.0 Å². The normalized spacial score (nSPS) is 12.6. The molecule has 0 spiro atoms. The third-order valence-electron chi connectivity index (χ3n) is 3.34. The molecule has 1 unspecified atom stereocenters. The van der Waals surface area contributed by atoms with E-state index in [9.17, 15) is 0 Å². The van der Waals surface area contributed by atoms with Crippen LogP contribution in [0.3, 0.4) is 0 Å². The second-order valence-corrected chi connectivity index (χ2v) is 5.30. The highest BCUT2D eigenvalue weighted by atomic mass is 35.5. The van der Waals surface area contributed by atoms with Gasteiger partial charge in [0.1, 0.15) is 5.82 Å². The number of imidazole rings is 1. The molecule has 0 aliphatic carbocycles. The van der Waals surface area contributed by atoms with Crippen LogP contribution in [0.15, 0.2) is 24.5 Å². The zero-order valence-electron chi connectivity index (χ0n) is 12.0. The van der Waals surface area contributed by atoms with E-state index in [4.69, 9.17) is 11.6 Å². The number of nitrogens with zero attached hydrogens (tertiary/aromatic N) is 2. The van der Waals surface area contributed by atoms with E-state index in [0.29, 0.717) is 11.7 Å². The van der Waals surface area contributed by atoms with E-state index in [1.165, 1.54) is 5.56 Å². The Hall–Kier alpha value is -1.39. The Balaban J connectivity index is 1.92. The molecule has 0 aliphatic rings. The van der Waals surface area contributed by atoms with E-state index in [0.717, 1.165) is 30.8 Å². The van der Waals surface area contributed by atoms with Crippen molar-refractivity contribution in [1.29, 1.82) is 0 Å². The average Bonchev–Trinajstić information content (AvgIpc) is 2.83. The monoisotopic (exact) mass is 292 g/mol. The molecule has 2 rings (SSSR count). The fraction of sp³-hybridized carbons (Fsp3) is 0.467. The molecule has 2 heterocycles. The topological polar surface area (TPSA) is 53.6 Å². The fourth-order valence-electron chi connectivity index (χ4n) is 2.04. The number of hydrogen-bond acceptors (Lipinski definition) is 3. The standard InChI is InChI=1S/C15H21ClN4/c1-3-4-5-14-19-13(15(16)20-14)10-18-11(2)12-6-8-17-9-7-12/h6-9,11,18H,3-5,10H2,1-2H3,(H,19,20). The SMILES string of the molecule is CCCCc1nc(Cl)c(CNC(C)c2ccncc2)[nH]1. The first-order valence-corrected chi connectivity index (χ1v) is 7.45. The summed E-state index contributed by atoms with van der Waals surface area (Å²) in [5, 5.41) is 4.02. The first-order chi connectivity index (χ1) is 9.70. The quantitative estimate of drug-likeness (QED) is 0.819. The van der Waals surface area contributed by atoms with Crippen LogP contribution in [0.2, 0.25) is 5.15 Å². The van der Waals surface area contributed by atoms with Crippen LogP contribution in [-0.4, -0.2) is 15.0 Å². The van der Waals surface area contributed by atoms with Crippen LogP contribution >= 0.6 is 11.6 Å². The summed E-state index contributed by atoms with van der Waals surface area (Å²) < 4.78 is 0. The Labute approximate surface area is 125 Å². The first kappa shape index (κ1) is 15.0. The van der Waals surface area contributed by atoms with Crippen molar-refractivity contribution in [3.8, 4) is 0 Å². The number of aromatic nitrogens is 3. The van der Waals surface area contributed by atoms with Gasteiger partial charge < -0.3 is 10.3 Å². The van der Waals surface area contributed by atoms with Crippen LogP contribution in [0.25, 0.3) is 0 Å². The Morgan fingerprint density at radius 2 is 2.10 bits per heavy atom. The van der Waals surface area contributed by atoms with E-state index < -0.39 is 0 Å². The lowest BCUT2D eigenvalue weighted by Gasteiger charge is -2.13. The second-order valence-electron chi connectivity index (χ2n) is 4.94. The number of aromatic amines is 1. The van der Waals surface area contributed by atoms with Gasteiger partial charge in [0.15, 0.2) is 5.15 Å². The van der Waals surface area contributed by atoms with Gasteiger partial charge in [-0.1, -0.05) is 24.9 Å². The summed E-state index contributed by atoms with van der Waals surface area (Å²) in [6.45, 7) is 4.97. The van der Waals surface area contributed by atoms with Crippen molar-refractivity contribution in [3.05, 3.63) is 46.8 Å². The molecule has 0 saturated heterocycles. The molecule has 0 aliphatic heterocycles. The minimum atomic E-state index is 0.247. The van der Waals surface area contributed by atoms with Crippen LogP contribution in [0, 0.1) is 0 Å². The molecule has 2 N–H and O–H groups in total. The third-order valence-corrected chi connectivity index (χ3v) is 3.65. The number of hydrogen-bond donors (Lipinski definition) is 2. The number of halogens is 1. The second kappa shape index (κ2) is 7.41. The molecule has 0 saturated carbocycles. The van der Waals surface area contributed by atoms with Gasteiger partial charge in [0.2, 0.25) is 0 Å². The van der Waals surface area contributed by atoms with Crippen LogP contribution in [0.1, 0.15) is 49.8 Å². The highest BCUT2D eigenvalue weighted by Gasteiger charge is 2.10. The largest absolute Gasteiger partial charge is 0.344 e. The third kappa shape index (κ3) is 4.05. The number of nitrogens with one attached hydrogen (secondary N) is 2. The number of H-pyrrole nitrogens is 1. The van der Waals surface area contributed by atoms with Gasteiger partial charge in [-0.25, -0.2) is 4.98 Å². The summed E-state index contributed by atoms with van der Waals surface area (Å²) in [4.78, 5) is 11.7. The van der Waals surface area contributed by atoms with Crippen LogP contribution < -0.4 is 5.32 Å². The molecule has 0 bridgehead atoms. The Morgan fingerprint density at radius 1 is 1.35 bits per heavy atom. The van der Waals surface area contributed by atoms with E-state index in [1.807, 2.05) is 12.1 Å². The number of pyridine rings is 1. The molecule has 0 fully saturated rings. The van der Waals surface area contributed by atoms with E-state index in [2.05, 4.69) is 34.1 Å². The maximum Gasteiger partial charge on any atom is 0.151 e. The molecule has 0 aromatic carbocycles. The summed E-state index contributed by atoms with van der Waals surface area (Å²) >= 11 is 6.16. The molecular weight excluding hydrogens is 272 g/mol. The van der Waals surface area contributed by atoms with Crippen LogP contribution in [0.4, 0.5) is 0 Å². The van der Waals surface area contributed by atoms with Crippen molar-refractivity contribution in [1.82, 2.24) is 20.3 Å². The lowest BCUT2D eigenvalue weighted by atomic mass is 10.1. The summed E-state index contributed by atoms with van der Waals surface area (Å²) in [6, 6.07) is 4.27. The molecule has 5 heteroatoms. The number of unbranched alkanes of at least 4 members (excludes halogenated alkanes) is 1. The lowest BCUT2D eigenvalue weighted by molar-refractivity contribution is 0.567. The zero-order chi connectivity index (χ0) is 14.4. The van der Waals surface area contributed by atoms with Crippen LogP contribution in [0.5, 0.6) is 0 Å². The van der Waals surface area contributed by atoms with Crippen LogP contribution in [-0.2, 0) is 13.0 Å². The molecule has 0 amide bonds.